The summed E-state index contributed by atoms with van der Waals surface area (Å²) >= 11 is 1.36. The van der Waals surface area contributed by atoms with E-state index in [1.165, 1.54) is 74.1 Å². The third kappa shape index (κ3) is 3.69. The molecule has 3 N–H and O–H groups in total. The lowest BCUT2D eigenvalue weighted by molar-refractivity contribution is -0.119. The fourth-order valence-corrected chi connectivity index (χ4v) is 8.12. The monoisotopic (exact) mass is 447 g/mol. The molecule has 0 radical (unpaired) electrons. The standard InChI is InChI=1S/C21H25N3O4S2/c22-19(25)11-28-16-1-3-17(4-2-16)30(26,27)24-20-23-18(12-29-20)21-8-13-5-14(9-21)7-15(6-13)10-21/h1-4,12-15H,5-11H2,(H2,22,25)(H,23,24). The van der Waals surface area contributed by atoms with E-state index in [-0.39, 0.29) is 16.9 Å². The minimum Gasteiger partial charge on any atom is -0.484 e. The molecule has 4 fully saturated rings. The molecule has 4 saturated carbocycles. The van der Waals surface area contributed by atoms with Crippen LogP contribution in [-0.4, -0.2) is 25.9 Å². The molecule has 160 valence electrons. The van der Waals surface area contributed by atoms with Crippen LogP contribution in [0, 0.1) is 17.8 Å². The van der Waals surface area contributed by atoms with E-state index in [4.69, 9.17) is 15.5 Å². The molecule has 9 heteroatoms. The van der Waals surface area contributed by atoms with E-state index >= 15 is 0 Å². The molecule has 7 nitrogen and oxygen atoms in total. The second-order valence-electron chi connectivity index (χ2n) is 9.07. The van der Waals surface area contributed by atoms with Gasteiger partial charge in [-0.25, -0.2) is 13.4 Å². The van der Waals surface area contributed by atoms with Crippen LogP contribution in [0.2, 0.25) is 0 Å². The van der Waals surface area contributed by atoms with Crippen LogP contribution in [0.1, 0.15) is 44.2 Å². The Labute approximate surface area is 180 Å². The highest BCUT2D eigenvalue weighted by Crippen LogP contribution is 2.60. The summed E-state index contributed by atoms with van der Waals surface area (Å²) in [6.45, 7) is -0.253. The molecular weight excluding hydrogens is 422 g/mol. The number of aromatic nitrogens is 1. The fraction of sp³-hybridized carbons (Fsp3) is 0.524. The topological polar surface area (TPSA) is 111 Å². The Morgan fingerprint density at radius 2 is 1.73 bits per heavy atom. The van der Waals surface area contributed by atoms with Crippen molar-refractivity contribution in [3.05, 3.63) is 35.3 Å². The van der Waals surface area contributed by atoms with E-state index in [9.17, 15) is 13.2 Å². The van der Waals surface area contributed by atoms with Crippen LogP contribution in [0.5, 0.6) is 5.75 Å². The van der Waals surface area contributed by atoms with E-state index in [0.29, 0.717) is 10.9 Å². The quantitative estimate of drug-likeness (QED) is 0.677. The van der Waals surface area contributed by atoms with Crippen LogP contribution >= 0.6 is 11.3 Å². The van der Waals surface area contributed by atoms with Crippen LogP contribution in [0.4, 0.5) is 5.13 Å². The molecule has 1 aromatic carbocycles. The Morgan fingerprint density at radius 3 is 2.30 bits per heavy atom. The van der Waals surface area contributed by atoms with Crippen LogP contribution < -0.4 is 15.2 Å². The van der Waals surface area contributed by atoms with E-state index in [0.717, 1.165) is 23.4 Å². The number of anilines is 1. The van der Waals surface area contributed by atoms with Gasteiger partial charge in [-0.05, 0) is 80.5 Å². The summed E-state index contributed by atoms with van der Waals surface area (Å²) in [7, 11) is -3.75. The molecule has 0 saturated heterocycles. The summed E-state index contributed by atoms with van der Waals surface area (Å²) in [5.41, 5.74) is 6.26. The number of primary amides is 1. The van der Waals surface area contributed by atoms with Gasteiger partial charge in [0.2, 0.25) is 0 Å². The number of carbonyl (C=O) groups is 1. The third-order valence-electron chi connectivity index (χ3n) is 6.82. The normalized spacial score (nSPS) is 29.7. The maximum absolute atomic E-state index is 12.8. The van der Waals surface area contributed by atoms with E-state index in [1.807, 2.05) is 5.38 Å². The number of nitrogens with two attached hydrogens (primary N) is 1. The van der Waals surface area contributed by atoms with Crippen molar-refractivity contribution in [2.45, 2.75) is 48.8 Å². The number of benzene rings is 1. The first-order valence-corrected chi connectivity index (χ1v) is 12.7. The first kappa shape index (κ1) is 19.8. The molecule has 0 spiro atoms. The van der Waals surface area contributed by atoms with Crippen molar-refractivity contribution in [2.75, 3.05) is 11.3 Å². The van der Waals surface area contributed by atoms with Gasteiger partial charge in [-0.3, -0.25) is 9.52 Å². The lowest BCUT2D eigenvalue weighted by Gasteiger charge is -2.56. The molecule has 30 heavy (non-hydrogen) atoms. The molecule has 0 atom stereocenters. The summed E-state index contributed by atoms with van der Waals surface area (Å²) in [6, 6.07) is 5.87. The van der Waals surface area contributed by atoms with Crippen molar-refractivity contribution in [2.24, 2.45) is 23.5 Å². The molecule has 0 aliphatic heterocycles. The number of nitrogens with zero attached hydrogens (tertiary/aromatic N) is 1. The van der Waals surface area contributed by atoms with Crippen molar-refractivity contribution >= 4 is 32.4 Å². The van der Waals surface area contributed by atoms with Gasteiger partial charge in [0.25, 0.3) is 15.9 Å². The Kier molecular flexibility index (Phi) is 4.77. The highest BCUT2D eigenvalue weighted by atomic mass is 32.2. The number of ether oxygens (including phenoxy) is 1. The van der Waals surface area contributed by atoms with Crippen LogP contribution in [0.25, 0.3) is 0 Å². The lowest BCUT2D eigenvalue weighted by Crippen LogP contribution is -2.48. The van der Waals surface area contributed by atoms with Crippen LogP contribution in [-0.2, 0) is 20.2 Å². The van der Waals surface area contributed by atoms with Crippen molar-refractivity contribution in [3.8, 4) is 5.75 Å². The number of rotatable bonds is 7. The summed E-state index contributed by atoms with van der Waals surface area (Å²) in [6.07, 6.45) is 7.68. The summed E-state index contributed by atoms with van der Waals surface area (Å²) in [5.74, 6) is 2.23. The van der Waals surface area contributed by atoms with Gasteiger partial charge in [-0.2, -0.15) is 0 Å². The largest absolute Gasteiger partial charge is 0.484 e. The van der Waals surface area contributed by atoms with Gasteiger partial charge in [0.05, 0.1) is 10.6 Å². The van der Waals surface area contributed by atoms with Gasteiger partial charge in [0, 0.05) is 10.8 Å². The molecule has 4 bridgehead atoms. The maximum atomic E-state index is 12.8. The molecule has 1 aromatic heterocycles. The van der Waals surface area contributed by atoms with E-state index in [2.05, 4.69) is 4.72 Å². The number of hydrogen-bond donors (Lipinski definition) is 2. The number of carbonyl (C=O) groups excluding carboxylic acids is 1. The molecular formula is C21H25N3O4S2. The molecule has 6 rings (SSSR count). The molecule has 1 amide bonds. The number of hydrogen-bond acceptors (Lipinski definition) is 6. The van der Waals surface area contributed by atoms with E-state index in [1.54, 1.807) is 0 Å². The van der Waals surface area contributed by atoms with Gasteiger partial charge >= 0.3 is 0 Å². The molecule has 4 aliphatic carbocycles. The van der Waals surface area contributed by atoms with Gasteiger partial charge in [-0.15, -0.1) is 11.3 Å². The minimum atomic E-state index is -3.75. The van der Waals surface area contributed by atoms with Crippen molar-refractivity contribution in [1.82, 2.24) is 4.98 Å². The predicted molar refractivity (Wildman–Crippen MR) is 114 cm³/mol. The van der Waals surface area contributed by atoms with Crippen molar-refractivity contribution in [1.29, 1.82) is 0 Å². The van der Waals surface area contributed by atoms with Gasteiger partial charge in [-0.1, -0.05) is 0 Å². The summed E-state index contributed by atoms with van der Waals surface area (Å²) < 4.78 is 33.3. The summed E-state index contributed by atoms with van der Waals surface area (Å²) in [4.78, 5) is 15.6. The van der Waals surface area contributed by atoms with E-state index < -0.39 is 15.9 Å². The molecule has 0 unspecified atom stereocenters. The number of thiazole rings is 1. The average Bonchev–Trinajstić information content (AvgIpc) is 3.14. The van der Waals surface area contributed by atoms with Gasteiger partial charge < -0.3 is 10.5 Å². The molecule has 4 aliphatic rings. The first-order valence-electron chi connectivity index (χ1n) is 10.3. The minimum absolute atomic E-state index is 0.112. The zero-order valence-corrected chi connectivity index (χ0v) is 18.2. The van der Waals surface area contributed by atoms with Crippen LogP contribution in [0.3, 0.4) is 0 Å². The Hall–Kier alpha value is -2.13. The molecule has 2 aromatic rings. The lowest BCUT2D eigenvalue weighted by atomic mass is 9.49. The fourth-order valence-electron chi connectivity index (χ4n) is 6.03. The Morgan fingerprint density at radius 1 is 1.13 bits per heavy atom. The summed E-state index contributed by atoms with van der Waals surface area (Å²) in [5, 5.41) is 2.46. The third-order valence-corrected chi connectivity index (χ3v) is 9.06. The van der Waals surface area contributed by atoms with Crippen LogP contribution in [0.15, 0.2) is 34.5 Å². The second kappa shape index (κ2) is 7.23. The van der Waals surface area contributed by atoms with Gasteiger partial charge in [0.1, 0.15) is 5.75 Å². The van der Waals surface area contributed by atoms with Crippen molar-refractivity contribution in [3.63, 3.8) is 0 Å². The average molecular weight is 448 g/mol. The molecule has 1 heterocycles. The highest BCUT2D eigenvalue weighted by molar-refractivity contribution is 7.93. The highest BCUT2D eigenvalue weighted by Gasteiger charge is 2.52. The number of nitrogens with one attached hydrogen (secondary N) is 1. The smallest absolute Gasteiger partial charge is 0.263 e. The number of amides is 1. The SMILES string of the molecule is NC(=O)COc1ccc(S(=O)(=O)Nc2nc(C34CC5CC(CC(C5)C3)C4)cs2)cc1. The Bertz CT molecular complexity index is 1030. The van der Waals surface area contributed by atoms with Gasteiger partial charge in [0.15, 0.2) is 11.7 Å². The zero-order valence-electron chi connectivity index (χ0n) is 16.5. The second-order valence-corrected chi connectivity index (χ2v) is 11.6. The zero-order chi connectivity index (χ0) is 20.9. The first-order chi connectivity index (χ1) is 14.3. The predicted octanol–water partition coefficient (Wildman–Crippen LogP) is 3.28. The maximum Gasteiger partial charge on any atom is 0.263 e. The Balaban J connectivity index is 1.31. The number of sulfonamides is 1. The van der Waals surface area contributed by atoms with Crippen molar-refractivity contribution < 1.29 is 17.9 Å².